The number of aryl methyl sites for hydroxylation is 1. The standard InChI is InChI=1S/C21H22FN5O/c1-26-17-5-4-15(22)9-13(17)10-19(26)21(28)27-8-2-3-18(27)20-24-12-14-11-23-7-6-16(14)25-20/h4-5,9-10,12,18,23H,2-3,6-8,11H2,1H3/t18-/m1/s1. The van der Waals surface area contributed by atoms with E-state index in [1.165, 1.54) is 12.1 Å². The van der Waals surface area contributed by atoms with Crippen LogP contribution in [0.5, 0.6) is 0 Å². The lowest BCUT2D eigenvalue weighted by atomic mass is 10.1. The van der Waals surface area contributed by atoms with Crippen molar-refractivity contribution >= 4 is 16.8 Å². The number of amides is 1. The van der Waals surface area contributed by atoms with Gasteiger partial charge in [-0.15, -0.1) is 0 Å². The van der Waals surface area contributed by atoms with Crippen LogP contribution in [-0.2, 0) is 20.0 Å². The monoisotopic (exact) mass is 379 g/mol. The van der Waals surface area contributed by atoms with Crippen LogP contribution in [0.4, 0.5) is 4.39 Å². The molecule has 28 heavy (non-hydrogen) atoms. The number of likely N-dealkylation sites (tertiary alicyclic amines) is 1. The number of benzene rings is 1. The quantitative estimate of drug-likeness (QED) is 0.744. The molecular weight excluding hydrogens is 357 g/mol. The molecule has 0 spiro atoms. The number of aromatic nitrogens is 3. The third-order valence-electron chi connectivity index (χ3n) is 5.86. The van der Waals surface area contributed by atoms with E-state index in [4.69, 9.17) is 4.98 Å². The van der Waals surface area contributed by atoms with Crippen molar-refractivity contribution in [2.45, 2.75) is 31.8 Å². The topological polar surface area (TPSA) is 63.1 Å². The van der Waals surface area contributed by atoms with Crippen LogP contribution in [0.3, 0.4) is 0 Å². The molecular formula is C21H22FN5O. The van der Waals surface area contributed by atoms with Gasteiger partial charge in [0, 0.05) is 61.5 Å². The molecule has 0 unspecified atom stereocenters. The highest BCUT2D eigenvalue weighted by atomic mass is 19.1. The first kappa shape index (κ1) is 17.3. The van der Waals surface area contributed by atoms with Gasteiger partial charge in [0.15, 0.2) is 5.82 Å². The first-order chi connectivity index (χ1) is 13.6. The molecule has 1 saturated heterocycles. The van der Waals surface area contributed by atoms with Crippen LogP contribution in [-0.4, -0.2) is 38.4 Å². The van der Waals surface area contributed by atoms with Crippen LogP contribution < -0.4 is 5.32 Å². The Morgan fingerprint density at radius 3 is 3.11 bits per heavy atom. The van der Waals surface area contributed by atoms with Crippen molar-refractivity contribution in [1.82, 2.24) is 24.8 Å². The average Bonchev–Trinajstić information content (AvgIpc) is 3.32. The Balaban J connectivity index is 1.48. The minimum absolute atomic E-state index is 0.0513. The minimum atomic E-state index is -0.298. The largest absolute Gasteiger partial charge is 0.340 e. The number of hydrogen-bond acceptors (Lipinski definition) is 4. The second-order valence-corrected chi connectivity index (χ2v) is 7.58. The van der Waals surface area contributed by atoms with E-state index < -0.39 is 0 Å². The Morgan fingerprint density at radius 1 is 1.32 bits per heavy atom. The Bertz CT molecular complexity index is 1080. The Kier molecular flexibility index (Phi) is 4.12. The van der Waals surface area contributed by atoms with Crippen molar-refractivity contribution in [2.75, 3.05) is 13.1 Å². The fourth-order valence-electron chi connectivity index (χ4n) is 4.36. The predicted molar refractivity (Wildman–Crippen MR) is 103 cm³/mol. The van der Waals surface area contributed by atoms with Crippen molar-refractivity contribution in [3.05, 3.63) is 59.1 Å². The third-order valence-corrected chi connectivity index (χ3v) is 5.86. The molecule has 144 valence electrons. The zero-order chi connectivity index (χ0) is 19.3. The molecule has 0 aliphatic carbocycles. The summed E-state index contributed by atoms with van der Waals surface area (Å²) in [6, 6.07) is 6.26. The third kappa shape index (κ3) is 2.77. The van der Waals surface area contributed by atoms with Crippen molar-refractivity contribution in [3.8, 4) is 0 Å². The van der Waals surface area contributed by atoms with Gasteiger partial charge in [0.1, 0.15) is 11.5 Å². The van der Waals surface area contributed by atoms with Gasteiger partial charge in [-0.05, 0) is 37.1 Å². The van der Waals surface area contributed by atoms with E-state index in [2.05, 4.69) is 10.3 Å². The maximum absolute atomic E-state index is 13.6. The summed E-state index contributed by atoms with van der Waals surface area (Å²) in [5.74, 6) is 0.383. The molecule has 4 heterocycles. The van der Waals surface area contributed by atoms with Crippen molar-refractivity contribution in [2.24, 2.45) is 7.05 Å². The van der Waals surface area contributed by atoms with E-state index in [0.717, 1.165) is 60.3 Å². The summed E-state index contributed by atoms with van der Waals surface area (Å²) in [4.78, 5) is 24.6. The van der Waals surface area contributed by atoms with E-state index in [-0.39, 0.29) is 17.8 Å². The molecule has 2 aromatic heterocycles. The molecule has 3 aromatic rings. The summed E-state index contributed by atoms with van der Waals surface area (Å²) in [6.45, 7) is 2.40. The first-order valence-corrected chi connectivity index (χ1v) is 9.73. The lowest BCUT2D eigenvalue weighted by Crippen LogP contribution is -2.33. The zero-order valence-electron chi connectivity index (χ0n) is 15.8. The summed E-state index contributed by atoms with van der Waals surface area (Å²) >= 11 is 0. The lowest BCUT2D eigenvalue weighted by Gasteiger charge is -2.25. The van der Waals surface area contributed by atoms with Crippen LogP contribution in [0.25, 0.3) is 10.9 Å². The second kappa shape index (κ2) is 6.67. The molecule has 7 heteroatoms. The van der Waals surface area contributed by atoms with Gasteiger partial charge >= 0.3 is 0 Å². The molecule has 5 rings (SSSR count). The number of carbonyl (C=O) groups is 1. The van der Waals surface area contributed by atoms with Gasteiger partial charge in [-0.3, -0.25) is 4.79 Å². The molecule has 0 radical (unpaired) electrons. The van der Waals surface area contributed by atoms with Crippen LogP contribution in [0.1, 0.15) is 46.5 Å². The molecule has 0 bridgehead atoms. The average molecular weight is 379 g/mol. The number of fused-ring (bicyclic) bond motifs is 2. The highest BCUT2D eigenvalue weighted by Gasteiger charge is 2.34. The SMILES string of the molecule is Cn1c(C(=O)N2CCC[C@@H]2c2ncc3c(n2)CCNC3)cc2cc(F)ccc21. The molecule has 2 aliphatic heterocycles. The minimum Gasteiger partial charge on any atom is -0.340 e. The van der Waals surface area contributed by atoms with Crippen LogP contribution in [0, 0.1) is 5.82 Å². The van der Waals surface area contributed by atoms with Gasteiger partial charge in [0.2, 0.25) is 0 Å². The maximum atomic E-state index is 13.6. The van der Waals surface area contributed by atoms with E-state index in [9.17, 15) is 9.18 Å². The fourth-order valence-corrected chi connectivity index (χ4v) is 4.36. The molecule has 1 amide bonds. The van der Waals surface area contributed by atoms with Gasteiger partial charge in [-0.25, -0.2) is 14.4 Å². The summed E-state index contributed by atoms with van der Waals surface area (Å²) in [5, 5.41) is 4.06. The van der Waals surface area contributed by atoms with Crippen LogP contribution in [0.2, 0.25) is 0 Å². The van der Waals surface area contributed by atoms with Crippen LogP contribution in [0.15, 0.2) is 30.5 Å². The molecule has 0 saturated carbocycles. The van der Waals surface area contributed by atoms with E-state index in [1.807, 2.05) is 22.7 Å². The van der Waals surface area contributed by atoms with Crippen molar-refractivity contribution < 1.29 is 9.18 Å². The van der Waals surface area contributed by atoms with Gasteiger partial charge < -0.3 is 14.8 Å². The normalized spacial score (nSPS) is 19.2. The predicted octanol–water partition coefficient (Wildman–Crippen LogP) is 2.73. The van der Waals surface area contributed by atoms with Crippen molar-refractivity contribution in [1.29, 1.82) is 0 Å². The molecule has 1 atom stereocenters. The molecule has 2 aliphatic rings. The summed E-state index contributed by atoms with van der Waals surface area (Å²) in [5.41, 5.74) is 3.64. The fraction of sp³-hybridized carbons (Fsp3) is 0.381. The molecule has 1 N–H and O–H groups in total. The molecule has 6 nitrogen and oxygen atoms in total. The molecule has 1 fully saturated rings. The van der Waals surface area contributed by atoms with E-state index in [0.29, 0.717) is 12.2 Å². The number of nitrogens with zero attached hydrogens (tertiary/aromatic N) is 4. The van der Waals surface area contributed by atoms with Crippen LogP contribution >= 0.6 is 0 Å². The van der Waals surface area contributed by atoms with Crippen molar-refractivity contribution in [3.63, 3.8) is 0 Å². The summed E-state index contributed by atoms with van der Waals surface area (Å²) in [6.07, 6.45) is 4.57. The van der Waals surface area contributed by atoms with Gasteiger partial charge in [0.05, 0.1) is 6.04 Å². The lowest BCUT2D eigenvalue weighted by molar-refractivity contribution is 0.0720. The first-order valence-electron chi connectivity index (χ1n) is 9.73. The zero-order valence-corrected chi connectivity index (χ0v) is 15.8. The Hall–Kier alpha value is -2.80. The highest BCUT2D eigenvalue weighted by molar-refractivity contribution is 5.99. The number of rotatable bonds is 2. The second-order valence-electron chi connectivity index (χ2n) is 7.58. The number of hydrogen-bond donors (Lipinski definition) is 1. The molecule has 1 aromatic carbocycles. The van der Waals surface area contributed by atoms with Gasteiger partial charge in [0.25, 0.3) is 5.91 Å². The highest BCUT2D eigenvalue weighted by Crippen LogP contribution is 2.33. The maximum Gasteiger partial charge on any atom is 0.271 e. The smallest absolute Gasteiger partial charge is 0.271 e. The van der Waals surface area contributed by atoms with E-state index >= 15 is 0 Å². The number of carbonyl (C=O) groups excluding carboxylic acids is 1. The van der Waals surface area contributed by atoms with Gasteiger partial charge in [-0.2, -0.15) is 0 Å². The summed E-state index contributed by atoms with van der Waals surface area (Å²) in [7, 11) is 1.85. The number of nitrogens with one attached hydrogen (secondary N) is 1. The number of halogens is 1. The summed E-state index contributed by atoms with van der Waals surface area (Å²) < 4.78 is 15.4. The Morgan fingerprint density at radius 2 is 2.21 bits per heavy atom. The van der Waals surface area contributed by atoms with E-state index in [1.54, 1.807) is 12.1 Å². The van der Waals surface area contributed by atoms with Gasteiger partial charge in [-0.1, -0.05) is 0 Å². The Labute approximate surface area is 162 Å².